The van der Waals surface area contributed by atoms with Gasteiger partial charge in [0.15, 0.2) is 15.3 Å². The van der Waals surface area contributed by atoms with E-state index in [0.29, 0.717) is 53.5 Å². The molecule has 0 saturated carbocycles. The van der Waals surface area contributed by atoms with Crippen LogP contribution in [0.25, 0.3) is 10.8 Å². The maximum Gasteiger partial charge on any atom is 0.414 e. The van der Waals surface area contributed by atoms with Gasteiger partial charge >= 0.3 is 4.94 Å². The number of hydrogen-bond donors (Lipinski definition) is 0. The van der Waals surface area contributed by atoms with E-state index < -0.39 is 9.85 Å². The highest BCUT2D eigenvalue weighted by atomic mass is 32.2. The molecule has 0 spiro atoms. The highest BCUT2D eigenvalue weighted by Gasteiger charge is 2.23. The minimum atomic E-state index is -0.447. The first kappa shape index (κ1) is 38.9. The van der Waals surface area contributed by atoms with Crippen molar-refractivity contribution < 1.29 is 28.5 Å². The first-order valence-corrected chi connectivity index (χ1v) is 20.3. The summed E-state index contributed by atoms with van der Waals surface area (Å²) in [6.07, 6.45) is 0. The van der Waals surface area contributed by atoms with E-state index in [9.17, 15) is 25.0 Å². The van der Waals surface area contributed by atoms with Crippen LogP contribution in [0.3, 0.4) is 0 Å². The van der Waals surface area contributed by atoms with Crippen LogP contribution in [0.15, 0.2) is 105 Å². The van der Waals surface area contributed by atoms with Gasteiger partial charge in [0.2, 0.25) is 17.7 Å². The van der Waals surface area contributed by atoms with Gasteiger partial charge in [-0.05, 0) is 57.2 Å². The molecule has 0 aliphatic carbocycles. The Hall–Kier alpha value is -4.36. The predicted molar refractivity (Wildman–Crippen MR) is 213 cm³/mol. The molecular weight excluding hydrogens is 833 g/mol. The quantitative estimate of drug-likeness (QED) is 0.0890. The number of hydrogen-bond acceptors (Lipinski definition) is 21. The van der Waals surface area contributed by atoms with Crippen molar-refractivity contribution in [3.63, 3.8) is 0 Å². The van der Waals surface area contributed by atoms with Crippen LogP contribution < -0.4 is 4.94 Å². The zero-order valence-corrected chi connectivity index (χ0v) is 32.9. The predicted octanol–water partition coefficient (Wildman–Crippen LogP) is 10.2. The van der Waals surface area contributed by atoms with Gasteiger partial charge in [0.05, 0.1) is 87.0 Å². The van der Waals surface area contributed by atoms with Crippen molar-refractivity contribution in [2.75, 3.05) is 0 Å². The first-order valence-electron chi connectivity index (χ1n) is 13.8. The molecule has 0 bridgehead atoms. The number of ether oxygens (including phenoxy) is 3. The normalized spacial score (nSPS) is 14.3. The summed E-state index contributed by atoms with van der Waals surface area (Å²) in [5.41, 5.74) is 0.155. The largest absolute Gasteiger partial charge is 0.429 e. The smallest absolute Gasteiger partial charge is 0.414 e. The van der Waals surface area contributed by atoms with E-state index in [2.05, 4.69) is 50.3 Å². The minimum Gasteiger partial charge on any atom is -0.429 e. The first-order chi connectivity index (χ1) is 24.9. The molecule has 23 heteroatoms. The van der Waals surface area contributed by atoms with Crippen LogP contribution in [-0.4, -0.2) is 31.9 Å². The monoisotopic (exact) mass is 852 g/mol. The second-order valence-corrected chi connectivity index (χ2v) is 16.9. The topological polar surface area (TPSA) is 194 Å². The lowest BCUT2D eigenvalue weighted by Crippen LogP contribution is -1.96. The third-order valence-electron chi connectivity index (χ3n) is 5.70. The maximum atomic E-state index is 10.6. The van der Waals surface area contributed by atoms with Gasteiger partial charge in [-0.25, -0.2) is 4.79 Å². The van der Waals surface area contributed by atoms with Gasteiger partial charge in [0.25, 0.3) is 17.3 Å². The van der Waals surface area contributed by atoms with Gasteiger partial charge in [0.1, 0.15) is 0 Å². The third kappa shape index (κ3) is 10.6. The zero-order chi connectivity index (χ0) is 37.4. The van der Waals surface area contributed by atoms with Crippen LogP contribution in [0.4, 0.5) is 11.4 Å². The lowest BCUT2D eigenvalue weighted by molar-refractivity contribution is -0.385. The van der Waals surface area contributed by atoms with Gasteiger partial charge in [-0.1, -0.05) is 6.07 Å². The average Bonchev–Trinajstić information content (AvgIpc) is 3.94. The summed E-state index contributed by atoms with van der Waals surface area (Å²) in [6.45, 7) is 14.6. The summed E-state index contributed by atoms with van der Waals surface area (Å²) in [7, 11) is 0. The van der Waals surface area contributed by atoms with Crippen LogP contribution in [0.1, 0.15) is 24.4 Å². The molecule has 0 aromatic carbocycles. The Bertz CT molecular complexity index is 2290. The second-order valence-electron chi connectivity index (χ2n) is 9.35. The van der Waals surface area contributed by atoms with Gasteiger partial charge in [-0.2, -0.15) is 13.2 Å². The third-order valence-corrected chi connectivity index (χ3v) is 11.6. The molecule has 52 heavy (non-hydrogen) atoms. The lowest BCUT2D eigenvalue weighted by atomic mass is 10.4. The molecule has 0 fully saturated rings. The Balaban J connectivity index is 0.000000135. The number of rotatable bonds is 6. The molecule has 0 unspecified atom stereocenters. The molecule has 0 saturated heterocycles. The van der Waals surface area contributed by atoms with E-state index in [0.717, 1.165) is 45.2 Å². The summed E-state index contributed by atoms with van der Waals surface area (Å²) in [4.78, 5) is 35.6. The van der Waals surface area contributed by atoms with Crippen molar-refractivity contribution in [2.45, 2.75) is 13.8 Å². The van der Waals surface area contributed by atoms with E-state index in [4.69, 9.17) is 18.6 Å². The van der Waals surface area contributed by atoms with Crippen molar-refractivity contribution in [3.05, 3.63) is 137 Å². The summed E-state index contributed by atoms with van der Waals surface area (Å²) in [5.74, 6) is 1.89. The molecule has 5 aromatic rings. The number of aryl methyl sites for hydroxylation is 2. The van der Waals surface area contributed by atoms with E-state index >= 15 is 0 Å². The molecule has 0 atom stereocenters. The molecule has 3 aliphatic rings. The van der Waals surface area contributed by atoms with Crippen LogP contribution in [0.2, 0.25) is 0 Å². The van der Waals surface area contributed by atoms with Gasteiger partial charge < -0.3 is 18.6 Å². The van der Waals surface area contributed by atoms with E-state index in [1.54, 1.807) is 18.3 Å². The SMILES string of the molecule is C=C1OC(c2cc([N+](=O)[O-])c(C)s2)=NS1.C=C1OC(c2cc([N+](=O)[O-])cs2)=NS1.C=C1OC(c2ccc(C)s2)=NS1.O=c1oc(-c2cccs2)ns1. The number of nitrogens with zero attached hydrogens (tertiary/aromatic N) is 6. The van der Waals surface area contributed by atoms with Crippen molar-refractivity contribution >= 4 is 122 Å². The van der Waals surface area contributed by atoms with E-state index in [-0.39, 0.29) is 16.3 Å². The standard InChI is InChI=1S/C8H6N2O3S2.C8H7NOS2.C7H4N2O3S2.C6H3NO2S2/c1-4-6(10(11)12)3-7(14-4)8-9-15-5(2)13-8;1-5-3-4-7(11-5)8-9-12-6(2)10-8;1-4-12-7(8-14-4)6-2-5(3-13-6)9(10)11;8-6-9-5(7-11-6)4-2-1-3-10-4/h3H,2H2,1H3;3-4H,2H2,1H3;2-3H,1H2;1-3H. The Morgan fingerprint density at radius 3 is 1.77 bits per heavy atom. The summed E-state index contributed by atoms with van der Waals surface area (Å²) in [5, 5.41) is 26.0. The van der Waals surface area contributed by atoms with E-state index in [1.807, 2.05) is 23.6 Å². The second kappa shape index (κ2) is 17.9. The molecule has 5 aromatic heterocycles. The fourth-order valence-corrected chi connectivity index (χ4v) is 8.62. The molecule has 8 rings (SSSR count). The summed E-state index contributed by atoms with van der Waals surface area (Å²) >= 11 is 10.1. The van der Waals surface area contributed by atoms with Crippen molar-refractivity contribution in [2.24, 2.45) is 13.2 Å². The van der Waals surface area contributed by atoms with Gasteiger partial charge in [0, 0.05) is 17.0 Å². The molecule has 3 aliphatic heterocycles. The fraction of sp³-hybridized carbons (Fsp3) is 0.0690. The molecule has 0 amide bonds. The van der Waals surface area contributed by atoms with Crippen LogP contribution in [0, 0.1) is 34.1 Å². The van der Waals surface area contributed by atoms with Gasteiger partial charge in [-0.3, -0.25) is 20.2 Å². The van der Waals surface area contributed by atoms with E-state index in [1.165, 1.54) is 68.3 Å². The Morgan fingerprint density at radius 2 is 1.35 bits per heavy atom. The lowest BCUT2D eigenvalue weighted by Gasteiger charge is -1.94. The van der Waals surface area contributed by atoms with Crippen LogP contribution in [0.5, 0.6) is 0 Å². The van der Waals surface area contributed by atoms with Crippen LogP contribution >= 0.6 is 92.7 Å². The Kier molecular flexibility index (Phi) is 13.4. The highest BCUT2D eigenvalue weighted by Crippen LogP contribution is 2.34. The molecule has 268 valence electrons. The Labute approximate surface area is 326 Å². The van der Waals surface area contributed by atoms with Crippen molar-refractivity contribution in [1.29, 1.82) is 0 Å². The summed E-state index contributed by atoms with van der Waals surface area (Å²) in [6, 6.07) is 10.7. The van der Waals surface area contributed by atoms with Crippen molar-refractivity contribution in [3.8, 4) is 10.8 Å². The fourth-order valence-electron chi connectivity index (χ4n) is 3.53. The average molecular weight is 853 g/mol. The minimum absolute atomic E-state index is 0.0545. The highest BCUT2D eigenvalue weighted by molar-refractivity contribution is 8.02. The molecule has 8 heterocycles. The number of nitro groups is 2. The van der Waals surface area contributed by atoms with Gasteiger partial charge in [-0.15, -0.1) is 49.7 Å². The molecular formula is C29H20N6O9S8. The Morgan fingerprint density at radius 1 is 0.731 bits per heavy atom. The van der Waals surface area contributed by atoms with Crippen LogP contribution in [-0.2, 0) is 14.2 Å². The molecule has 0 N–H and O–H groups in total. The molecule has 15 nitrogen and oxygen atoms in total. The summed E-state index contributed by atoms with van der Waals surface area (Å²) < 4.78 is 36.3. The number of thiophene rings is 4. The molecule has 0 radical (unpaired) electrons. The number of aromatic nitrogens is 1. The maximum absolute atomic E-state index is 10.6. The zero-order valence-electron chi connectivity index (χ0n) is 26.4. The van der Waals surface area contributed by atoms with Crippen molar-refractivity contribution in [1.82, 2.24) is 4.37 Å².